The molecule has 2 aromatic rings. The third kappa shape index (κ3) is 3.72. The van der Waals surface area contributed by atoms with E-state index in [1.165, 1.54) is 18.2 Å². The van der Waals surface area contributed by atoms with E-state index in [0.29, 0.717) is 11.6 Å². The van der Waals surface area contributed by atoms with E-state index in [1.54, 1.807) is 6.07 Å². The number of anilines is 1. The van der Waals surface area contributed by atoms with Crippen LogP contribution in [-0.4, -0.2) is 44.2 Å². The average molecular weight is 358 g/mol. The van der Waals surface area contributed by atoms with Crippen LogP contribution in [0.1, 0.15) is 11.6 Å². The zero-order valence-corrected chi connectivity index (χ0v) is 14.7. The first-order chi connectivity index (χ1) is 12.7. The number of rotatable bonds is 4. The van der Waals surface area contributed by atoms with Crippen LogP contribution in [0.25, 0.3) is 0 Å². The second kappa shape index (κ2) is 7.70. The number of hydrogen-bond donors (Lipinski definition) is 2. The van der Waals surface area contributed by atoms with E-state index < -0.39 is 0 Å². The molecule has 2 aromatic carbocycles. The Bertz CT molecular complexity index is 729. The summed E-state index contributed by atoms with van der Waals surface area (Å²) < 4.78 is 27.1. The monoisotopic (exact) mass is 358 g/mol. The molecule has 2 aliphatic rings. The van der Waals surface area contributed by atoms with Crippen molar-refractivity contribution in [3.8, 4) is 0 Å². The lowest BCUT2D eigenvalue weighted by Crippen LogP contribution is -2.48. The van der Waals surface area contributed by atoms with E-state index in [1.807, 2.05) is 24.3 Å². The van der Waals surface area contributed by atoms with Gasteiger partial charge in [0.25, 0.3) is 0 Å². The van der Waals surface area contributed by atoms with Gasteiger partial charge in [0.05, 0.1) is 11.7 Å². The molecule has 0 radical (unpaired) electrons. The van der Waals surface area contributed by atoms with Crippen molar-refractivity contribution in [2.45, 2.75) is 6.04 Å². The van der Waals surface area contributed by atoms with Gasteiger partial charge >= 0.3 is 0 Å². The first kappa shape index (κ1) is 17.4. The molecule has 0 saturated carbocycles. The van der Waals surface area contributed by atoms with Crippen molar-refractivity contribution in [2.75, 3.05) is 44.2 Å². The second-order valence-corrected chi connectivity index (χ2v) is 7.05. The topological polar surface area (TPSA) is 30.5 Å². The summed E-state index contributed by atoms with van der Waals surface area (Å²) in [5.41, 5.74) is 8.35. The van der Waals surface area contributed by atoms with Crippen molar-refractivity contribution >= 4 is 5.69 Å². The van der Waals surface area contributed by atoms with Gasteiger partial charge in [-0.25, -0.2) is 14.2 Å². The van der Waals surface area contributed by atoms with Gasteiger partial charge in [0.2, 0.25) is 0 Å². The van der Waals surface area contributed by atoms with Crippen molar-refractivity contribution in [1.29, 1.82) is 0 Å². The van der Waals surface area contributed by atoms with Gasteiger partial charge in [-0.3, -0.25) is 10.3 Å². The van der Waals surface area contributed by atoms with Crippen molar-refractivity contribution < 1.29 is 8.78 Å². The second-order valence-electron chi connectivity index (χ2n) is 7.05. The Morgan fingerprint density at radius 2 is 1.65 bits per heavy atom. The molecule has 6 heteroatoms. The number of piperazine rings is 1. The molecule has 2 N–H and O–H groups in total. The normalized spacial score (nSPS) is 24.2. The first-order valence-corrected chi connectivity index (χ1v) is 9.16. The molecule has 2 heterocycles. The van der Waals surface area contributed by atoms with Crippen LogP contribution in [-0.2, 0) is 0 Å². The van der Waals surface area contributed by atoms with Crippen LogP contribution in [0, 0.1) is 17.6 Å². The Labute approximate surface area is 152 Å². The SMILES string of the molecule is Fc1ccc(C2NNCC2CN2CCN(c3ccccc3F)CC2)cc1. The zero-order chi connectivity index (χ0) is 17.9. The molecule has 0 aliphatic carbocycles. The van der Waals surface area contributed by atoms with Crippen molar-refractivity contribution in [1.82, 2.24) is 15.8 Å². The lowest BCUT2D eigenvalue weighted by atomic mass is 9.94. The summed E-state index contributed by atoms with van der Waals surface area (Å²) in [4.78, 5) is 4.56. The van der Waals surface area contributed by atoms with E-state index >= 15 is 0 Å². The van der Waals surface area contributed by atoms with Crippen LogP contribution < -0.4 is 15.8 Å². The van der Waals surface area contributed by atoms with Gasteiger partial charge in [-0.15, -0.1) is 0 Å². The third-order valence-corrected chi connectivity index (χ3v) is 5.38. The summed E-state index contributed by atoms with van der Waals surface area (Å²) in [6.07, 6.45) is 0. The molecule has 4 rings (SSSR count). The fraction of sp³-hybridized carbons (Fsp3) is 0.400. The highest BCUT2D eigenvalue weighted by atomic mass is 19.1. The number of para-hydroxylation sites is 1. The maximum absolute atomic E-state index is 14.0. The van der Waals surface area contributed by atoms with Gasteiger partial charge in [-0.1, -0.05) is 24.3 Å². The Hall–Kier alpha value is -2.02. The molecule has 2 saturated heterocycles. The minimum atomic E-state index is -0.208. The summed E-state index contributed by atoms with van der Waals surface area (Å²) in [7, 11) is 0. The average Bonchev–Trinajstić information content (AvgIpc) is 3.12. The van der Waals surface area contributed by atoms with E-state index in [-0.39, 0.29) is 17.7 Å². The quantitative estimate of drug-likeness (QED) is 0.879. The largest absolute Gasteiger partial charge is 0.367 e. The van der Waals surface area contributed by atoms with E-state index in [0.717, 1.165) is 44.8 Å². The predicted octanol–water partition coefficient (Wildman–Crippen LogP) is 2.55. The third-order valence-electron chi connectivity index (χ3n) is 5.38. The molecule has 2 unspecified atom stereocenters. The standard InChI is InChI=1S/C20H24F2N4/c21-17-7-5-15(6-8-17)20-16(13-23-24-20)14-25-9-11-26(12-10-25)19-4-2-1-3-18(19)22/h1-8,16,20,23-24H,9-14H2. The zero-order valence-electron chi connectivity index (χ0n) is 14.7. The molecule has 2 aliphatic heterocycles. The lowest BCUT2D eigenvalue weighted by Gasteiger charge is -2.37. The minimum Gasteiger partial charge on any atom is -0.367 e. The number of nitrogens with zero attached hydrogens (tertiary/aromatic N) is 2. The summed E-state index contributed by atoms with van der Waals surface area (Å²) >= 11 is 0. The molecular weight excluding hydrogens is 334 g/mol. The van der Waals surface area contributed by atoms with Crippen LogP contribution in [0.3, 0.4) is 0 Å². The van der Waals surface area contributed by atoms with Crippen LogP contribution in [0.5, 0.6) is 0 Å². The Morgan fingerprint density at radius 3 is 2.38 bits per heavy atom. The molecule has 26 heavy (non-hydrogen) atoms. The van der Waals surface area contributed by atoms with Crippen molar-refractivity contribution in [2.24, 2.45) is 5.92 Å². The van der Waals surface area contributed by atoms with Crippen LogP contribution in [0.15, 0.2) is 48.5 Å². The van der Waals surface area contributed by atoms with Crippen molar-refractivity contribution in [3.63, 3.8) is 0 Å². The number of halogens is 2. The molecule has 0 spiro atoms. The highest BCUT2D eigenvalue weighted by molar-refractivity contribution is 5.48. The fourth-order valence-corrected chi connectivity index (χ4v) is 3.94. The smallest absolute Gasteiger partial charge is 0.146 e. The number of nitrogens with one attached hydrogen (secondary N) is 2. The maximum Gasteiger partial charge on any atom is 0.146 e. The molecule has 0 amide bonds. The predicted molar refractivity (Wildman–Crippen MR) is 98.8 cm³/mol. The number of hydrogen-bond acceptors (Lipinski definition) is 4. The summed E-state index contributed by atoms with van der Waals surface area (Å²) in [6, 6.07) is 13.9. The molecule has 0 aromatic heterocycles. The minimum absolute atomic E-state index is 0.151. The van der Waals surface area contributed by atoms with Gasteiger partial charge in [0.1, 0.15) is 11.6 Å². The molecule has 2 fully saturated rings. The lowest BCUT2D eigenvalue weighted by molar-refractivity contribution is 0.214. The van der Waals surface area contributed by atoms with Crippen molar-refractivity contribution in [3.05, 3.63) is 65.7 Å². The summed E-state index contributed by atoms with van der Waals surface area (Å²) in [5.74, 6) is 0.0579. The van der Waals surface area contributed by atoms with Gasteiger partial charge < -0.3 is 4.90 Å². The summed E-state index contributed by atoms with van der Waals surface area (Å²) in [6.45, 7) is 5.34. The first-order valence-electron chi connectivity index (χ1n) is 9.16. The van der Waals surface area contributed by atoms with Crippen LogP contribution >= 0.6 is 0 Å². The molecule has 138 valence electrons. The molecule has 4 nitrogen and oxygen atoms in total. The number of hydrazine groups is 1. The van der Waals surface area contributed by atoms with Gasteiger partial charge in [0.15, 0.2) is 0 Å². The molecule has 2 atom stereocenters. The Morgan fingerprint density at radius 1 is 0.923 bits per heavy atom. The van der Waals surface area contributed by atoms with E-state index in [2.05, 4.69) is 20.7 Å². The fourth-order valence-electron chi connectivity index (χ4n) is 3.94. The summed E-state index contributed by atoms with van der Waals surface area (Å²) in [5, 5.41) is 0. The van der Waals surface area contributed by atoms with Gasteiger partial charge in [0, 0.05) is 45.2 Å². The molecular formula is C20H24F2N4. The maximum atomic E-state index is 14.0. The highest BCUT2D eigenvalue weighted by Crippen LogP contribution is 2.27. The van der Waals surface area contributed by atoms with Gasteiger partial charge in [-0.2, -0.15) is 0 Å². The van der Waals surface area contributed by atoms with E-state index in [4.69, 9.17) is 0 Å². The van der Waals surface area contributed by atoms with Gasteiger partial charge in [-0.05, 0) is 29.8 Å². The molecule has 0 bridgehead atoms. The highest BCUT2D eigenvalue weighted by Gasteiger charge is 2.31. The van der Waals surface area contributed by atoms with E-state index in [9.17, 15) is 8.78 Å². The Balaban J connectivity index is 1.35. The number of benzene rings is 2. The van der Waals surface area contributed by atoms with Crippen LogP contribution in [0.2, 0.25) is 0 Å². The van der Waals surface area contributed by atoms with Crippen LogP contribution in [0.4, 0.5) is 14.5 Å². The Kier molecular flexibility index (Phi) is 5.15.